The molecule has 0 saturated carbocycles. The minimum Gasteiger partial charge on any atom is -0.488 e. The molecule has 122 valence electrons. The smallest absolute Gasteiger partial charge is 0.169 e. The van der Waals surface area contributed by atoms with Crippen LogP contribution in [0, 0.1) is 5.82 Å². The lowest BCUT2D eigenvalue weighted by molar-refractivity contribution is 0.0321. The molecule has 0 spiro atoms. The number of hydrogen-bond acceptors (Lipinski definition) is 4. The topological polar surface area (TPSA) is 30.9 Å². The normalized spacial score (nSPS) is 15.3. The van der Waals surface area contributed by atoms with Crippen LogP contribution >= 0.6 is 0 Å². The van der Waals surface area contributed by atoms with Crippen LogP contribution in [0.4, 0.5) is 4.39 Å². The molecule has 5 heteroatoms. The van der Waals surface area contributed by atoms with Crippen LogP contribution in [-0.4, -0.2) is 44.4 Å². The molecule has 3 rings (SSSR count). The Morgan fingerprint density at radius 3 is 2.57 bits per heavy atom. The summed E-state index contributed by atoms with van der Waals surface area (Å²) in [5, 5.41) is 0. The van der Waals surface area contributed by atoms with Gasteiger partial charge in [0, 0.05) is 25.7 Å². The van der Waals surface area contributed by atoms with Crippen molar-refractivity contribution in [2.24, 2.45) is 0 Å². The van der Waals surface area contributed by atoms with Crippen LogP contribution in [0.3, 0.4) is 0 Å². The highest BCUT2D eigenvalue weighted by Crippen LogP contribution is 2.32. The van der Waals surface area contributed by atoms with E-state index in [0.717, 1.165) is 32.8 Å². The van der Waals surface area contributed by atoms with Crippen molar-refractivity contribution in [3.63, 3.8) is 0 Å². The van der Waals surface area contributed by atoms with Gasteiger partial charge in [0.25, 0.3) is 0 Å². The van der Waals surface area contributed by atoms with Crippen LogP contribution in [0.2, 0.25) is 0 Å². The molecule has 2 aromatic carbocycles. The van der Waals surface area contributed by atoms with E-state index < -0.39 is 0 Å². The third kappa shape index (κ3) is 4.68. The van der Waals surface area contributed by atoms with Gasteiger partial charge in [0.05, 0.1) is 13.2 Å². The van der Waals surface area contributed by atoms with Crippen molar-refractivity contribution in [2.45, 2.75) is 0 Å². The van der Waals surface area contributed by atoms with Crippen molar-refractivity contribution in [3.8, 4) is 17.2 Å². The van der Waals surface area contributed by atoms with Gasteiger partial charge in [0.1, 0.15) is 18.2 Å². The van der Waals surface area contributed by atoms with Crippen molar-refractivity contribution in [2.75, 3.05) is 39.5 Å². The molecule has 1 aliphatic rings. The summed E-state index contributed by atoms with van der Waals surface area (Å²) < 4.78 is 30.3. The Hall–Kier alpha value is -2.11. The van der Waals surface area contributed by atoms with Gasteiger partial charge in [-0.25, -0.2) is 4.39 Å². The molecule has 1 saturated heterocycles. The first-order valence-corrected chi connectivity index (χ1v) is 7.76. The van der Waals surface area contributed by atoms with Crippen LogP contribution in [-0.2, 0) is 4.74 Å². The molecular formula is C18H20FNO3. The van der Waals surface area contributed by atoms with Crippen molar-refractivity contribution >= 4 is 0 Å². The number of hydrogen-bond donors (Lipinski definition) is 0. The lowest BCUT2D eigenvalue weighted by atomic mass is 10.3. The number of benzene rings is 2. The van der Waals surface area contributed by atoms with Crippen LogP contribution < -0.4 is 9.47 Å². The first-order valence-electron chi connectivity index (χ1n) is 7.76. The maximum absolute atomic E-state index is 13.5. The second-order valence-corrected chi connectivity index (χ2v) is 5.31. The summed E-state index contributed by atoms with van der Waals surface area (Å²) >= 11 is 0. The number of nitrogens with zero attached hydrogens (tertiary/aromatic N) is 1. The van der Waals surface area contributed by atoms with Crippen LogP contribution in [0.5, 0.6) is 17.2 Å². The molecule has 0 amide bonds. The first-order chi connectivity index (χ1) is 11.3. The summed E-state index contributed by atoms with van der Waals surface area (Å²) in [6.45, 7) is 4.57. The van der Waals surface area contributed by atoms with E-state index in [1.165, 1.54) is 12.1 Å². The quantitative estimate of drug-likeness (QED) is 0.818. The highest BCUT2D eigenvalue weighted by molar-refractivity contribution is 5.43. The molecule has 2 aromatic rings. The summed E-state index contributed by atoms with van der Waals surface area (Å²) in [4.78, 5) is 2.26. The number of halogens is 1. The van der Waals surface area contributed by atoms with Crippen molar-refractivity contribution in [1.82, 2.24) is 4.90 Å². The first kappa shape index (κ1) is 15.8. The average Bonchev–Trinajstić information content (AvgIpc) is 2.59. The molecule has 0 atom stereocenters. The van der Waals surface area contributed by atoms with Crippen LogP contribution in [0.1, 0.15) is 0 Å². The summed E-state index contributed by atoms with van der Waals surface area (Å²) in [5.41, 5.74) is 0. The van der Waals surface area contributed by atoms with Gasteiger partial charge in [-0.05, 0) is 24.3 Å². The lowest BCUT2D eigenvalue weighted by Gasteiger charge is -2.26. The van der Waals surface area contributed by atoms with E-state index in [0.29, 0.717) is 23.9 Å². The molecule has 23 heavy (non-hydrogen) atoms. The SMILES string of the molecule is Fc1ccc(Oc2ccccc2)c(OCCN2CCOCC2)c1. The Morgan fingerprint density at radius 1 is 1.00 bits per heavy atom. The van der Waals surface area contributed by atoms with E-state index in [-0.39, 0.29) is 5.82 Å². The Labute approximate surface area is 135 Å². The molecule has 0 aliphatic carbocycles. The van der Waals surface area contributed by atoms with Crippen LogP contribution in [0.25, 0.3) is 0 Å². The van der Waals surface area contributed by atoms with Gasteiger partial charge in [-0.15, -0.1) is 0 Å². The molecule has 4 nitrogen and oxygen atoms in total. The highest BCUT2D eigenvalue weighted by atomic mass is 19.1. The van der Waals surface area contributed by atoms with Gasteiger partial charge in [-0.1, -0.05) is 18.2 Å². The summed E-state index contributed by atoms with van der Waals surface area (Å²) in [7, 11) is 0. The molecule has 0 N–H and O–H groups in total. The molecule has 0 unspecified atom stereocenters. The minimum atomic E-state index is -0.341. The summed E-state index contributed by atoms with van der Waals surface area (Å²) in [6.07, 6.45) is 0. The molecule has 1 heterocycles. The molecule has 0 bridgehead atoms. The second kappa shape index (κ2) is 7.94. The summed E-state index contributed by atoms with van der Waals surface area (Å²) in [5.74, 6) is 1.28. The van der Waals surface area contributed by atoms with E-state index in [1.54, 1.807) is 6.07 Å². The fourth-order valence-corrected chi connectivity index (χ4v) is 2.40. The number of morpholine rings is 1. The van der Waals surface area contributed by atoms with E-state index in [2.05, 4.69) is 4.90 Å². The molecule has 1 aliphatic heterocycles. The van der Waals surface area contributed by atoms with Gasteiger partial charge >= 0.3 is 0 Å². The zero-order valence-electron chi connectivity index (χ0n) is 12.9. The van der Waals surface area contributed by atoms with Crippen molar-refractivity contribution in [3.05, 3.63) is 54.3 Å². The molecular weight excluding hydrogens is 297 g/mol. The van der Waals surface area contributed by atoms with Crippen LogP contribution in [0.15, 0.2) is 48.5 Å². The Morgan fingerprint density at radius 2 is 1.78 bits per heavy atom. The third-order valence-corrected chi connectivity index (χ3v) is 3.65. The number of ether oxygens (including phenoxy) is 3. The van der Waals surface area contributed by atoms with Gasteiger partial charge in [0.15, 0.2) is 11.5 Å². The average molecular weight is 317 g/mol. The van der Waals surface area contributed by atoms with Gasteiger partial charge < -0.3 is 14.2 Å². The van der Waals surface area contributed by atoms with E-state index in [1.807, 2.05) is 30.3 Å². The Balaban J connectivity index is 1.61. The standard InChI is InChI=1S/C18H20FNO3/c19-15-6-7-17(23-16-4-2-1-3-5-16)18(14-15)22-13-10-20-8-11-21-12-9-20/h1-7,14H,8-13H2. The summed E-state index contributed by atoms with van der Waals surface area (Å²) in [6, 6.07) is 13.7. The number of para-hydroxylation sites is 1. The van der Waals surface area contributed by atoms with Crippen molar-refractivity contribution in [1.29, 1.82) is 0 Å². The van der Waals surface area contributed by atoms with Gasteiger partial charge in [-0.2, -0.15) is 0 Å². The second-order valence-electron chi connectivity index (χ2n) is 5.31. The molecule has 0 radical (unpaired) electrons. The zero-order valence-corrected chi connectivity index (χ0v) is 12.9. The maximum Gasteiger partial charge on any atom is 0.169 e. The molecule has 0 aromatic heterocycles. The van der Waals surface area contributed by atoms with Gasteiger partial charge in [0.2, 0.25) is 0 Å². The highest BCUT2D eigenvalue weighted by Gasteiger charge is 2.12. The largest absolute Gasteiger partial charge is 0.488 e. The van der Waals surface area contributed by atoms with E-state index >= 15 is 0 Å². The predicted molar refractivity (Wildman–Crippen MR) is 85.7 cm³/mol. The van der Waals surface area contributed by atoms with E-state index in [4.69, 9.17) is 14.2 Å². The van der Waals surface area contributed by atoms with Gasteiger partial charge in [-0.3, -0.25) is 4.90 Å². The number of rotatable bonds is 6. The monoisotopic (exact) mass is 317 g/mol. The lowest BCUT2D eigenvalue weighted by Crippen LogP contribution is -2.38. The fourth-order valence-electron chi connectivity index (χ4n) is 2.40. The Kier molecular flexibility index (Phi) is 5.45. The Bertz CT molecular complexity index is 615. The third-order valence-electron chi connectivity index (χ3n) is 3.65. The fraction of sp³-hybridized carbons (Fsp3) is 0.333. The minimum absolute atomic E-state index is 0.341. The molecule has 1 fully saturated rings. The maximum atomic E-state index is 13.5. The van der Waals surface area contributed by atoms with E-state index in [9.17, 15) is 4.39 Å². The predicted octanol–water partition coefficient (Wildman–Crippen LogP) is 3.33. The zero-order chi connectivity index (χ0) is 15.9. The van der Waals surface area contributed by atoms with Crippen molar-refractivity contribution < 1.29 is 18.6 Å².